The van der Waals surface area contributed by atoms with Crippen LogP contribution in [0.2, 0.25) is 0 Å². The van der Waals surface area contributed by atoms with Crippen LogP contribution < -0.4 is 10.6 Å². The molecule has 1 aliphatic heterocycles. The highest BCUT2D eigenvalue weighted by molar-refractivity contribution is 5.65. The van der Waals surface area contributed by atoms with Gasteiger partial charge in [0.2, 0.25) is 5.95 Å². The number of aromatic nitrogens is 2. The van der Waals surface area contributed by atoms with E-state index in [1.54, 1.807) is 0 Å². The van der Waals surface area contributed by atoms with E-state index in [0.29, 0.717) is 0 Å². The van der Waals surface area contributed by atoms with Crippen LogP contribution in [-0.4, -0.2) is 29.1 Å². The van der Waals surface area contributed by atoms with Gasteiger partial charge in [0.05, 0.1) is 5.69 Å². The van der Waals surface area contributed by atoms with Crippen LogP contribution in [-0.2, 0) is 6.42 Å². The molecule has 1 saturated heterocycles. The van der Waals surface area contributed by atoms with Crippen LogP contribution in [0.3, 0.4) is 0 Å². The first-order chi connectivity index (χ1) is 10.3. The smallest absolute Gasteiger partial charge is 0.225 e. The number of rotatable bonds is 3. The molecule has 110 valence electrons. The molecule has 3 rings (SSSR count). The lowest BCUT2D eigenvalue weighted by molar-refractivity contribution is 0.499. The van der Waals surface area contributed by atoms with Crippen LogP contribution in [0.4, 0.5) is 5.95 Å². The van der Waals surface area contributed by atoms with Gasteiger partial charge in [0.25, 0.3) is 0 Å². The topological polar surface area (TPSA) is 55.0 Å². The number of benzene rings is 1. The molecular formula is C17H22N4. The molecule has 1 atom stereocenters. The zero-order valence-corrected chi connectivity index (χ0v) is 12.5. The third-order valence-corrected chi connectivity index (χ3v) is 4.02. The average Bonchev–Trinajstić information content (AvgIpc) is 2.55. The van der Waals surface area contributed by atoms with Gasteiger partial charge in [-0.2, -0.15) is 0 Å². The predicted octanol–water partition coefficient (Wildman–Crippen LogP) is 2.63. The van der Waals surface area contributed by atoms with Gasteiger partial charge in [0.1, 0.15) is 0 Å². The molecule has 0 aliphatic carbocycles. The monoisotopic (exact) mass is 282 g/mol. The molecule has 1 unspecified atom stereocenters. The van der Waals surface area contributed by atoms with Gasteiger partial charge in [-0.25, -0.2) is 9.97 Å². The second-order valence-corrected chi connectivity index (χ2v) is 5.60. The second-order valence-electron chi connectivity index (χ2n) is 5.60. The Hall–Kier alpha value is -1.94. The molecule has 0 spiro atoms. The van der Waals surface area contributed by atoms with Crippen LogP contribution in [0.1, 0.15) is 25.5 Å². The zero-order valence-electron chi connectivity index (χ0n) is 12.5. The summed E-state index contributed by atoms with van der Waals surface area (Å²) < 4.78 is 0. The van der Waals surface area contributed by atoms with Gasteiger partial charge in [0, 0.05) is 30.9 Å². The van der Waals surface area contributed by atoms with Crippen molar-refractivity contribution in [3.8, 4) is 11.1 Å². The van der Waals surface area contributed by atoms with E-state index in [9.17, 15) is 0 Å². The normalized spacial score (nSPS) is 18.8. The Morgan fingerprint density at radius 1 is 1.29 bits per heavy atom. The average molecular weight is 282 g/mol. The van der Waals surface area contributed by atoms with Crippen molar-refractivity contribution < 1.29 is 0 Å². The zero-order chi connectivity index (χ0) is 14.7. The summed E-state index contributed by atoms with van der Waals surface area (Å²) in [6.07, 6.45) is 5.07. The molecule has 0 radical (unpaired) electrons. The summed E-state index contributed by atoms with van der Waals surface area (Å²) in [5.41, 5.74) is 9.46. The van der Waals surface area contributed by atoms with Crippen molar-refractivity contribution in [2.45, 2.75) is 32.2 Å². The first-order valence-corrected chi connectivity index (χ1v) is 7.69. The fraction of sp³-hybridized carbons (Fsp3) is 0.412. The van der Waals surface area contributed by atoms with E-state index in [1.165, 1.54) is 5.56 Å². The van der Waals surface area contributed by atoms with E-state index in [-0.39, 0.29) is 6.04 Å². The lowest BCUT2D eigenvalue weighted by atomic mass is 10.0. The number of nitrogens with two attached hydrogens (primary N) is 1. The quantitative estimate of drug-likeness (QED) is 0.940. The van der Waals surface area contributed by atoms with Crippen LogP contribution in [0.25, 0.3) is 11.1 Å². The van der Waals surface area contributed by atoms with E-state index < -0.39 is 0 Å². The Kier molecular flexibility index (Phi) is 4.15. The molecule has 21 heavy (non-hydrogen) atoms. The summed E-state index contributed by atoms with van der Waals surface area (Å²) in [5, 5.41) is 0. The van der Waals surface area contributed by atoms with Gasteiger partial charge in [-0.15, -0.1) is 0 Å². The van der Waals surface area contributed by atoms with Gasteiger partial charge >= 0.3 is 0 Å². The molecule has 1 fully saturated rings. The molecule has 0 amide bonds. The van der Waals surface area contributed by atoms with Gasteiger partial charge in [0.15, 0.2) is 0 Å². The highest BCUT2D eigenvalue weighted by atomic mass is 15.3. The number of hydrogen-bond acceptors (Lipinski definition) is 4. The Morgan fingerprint density at radius 3 is 2.81 bits per heavy atom. The molecule has 2 heterocycles. The minimum absolute atomic E-state index is 0.237. The molecule has 0 bridgehead atoms. The van der Waals surface area contributed by atoms with Crippen LogP contribution in [0.5, 0.6) is 0 Å². The maximum atomic E-state index is 6.06. The summed E-state index contributed by atoms with van der Waals surface area (Å²) in [6, 6.07) is 10.6. The molecule has 1 aromatic carbocycles. The number of nitrogens with zero attached hydrogens (tertiary/aromatic N) is 3. The SMILES string of the molecule is CCc1nc(N2CCCC(N)C2)ncc1-c1ccccc1. The Morgan fingerprint density at radius 2 is 2.10 bits per heavy atom. The number of piperidine rings is 1. The van der Waals surface area contributed by atoms with Crippen molar-refractivity contribution in [2.24, 2.45) is 5.73 Å². The van der Waals surface area contributed by atoms with Crippen molar-refractivity contribution >= 4 is 5.95 Å². The molecule has 2 aromatic rings. The van der Waals surface area contributed by atoms with Crippen molar-refractivity contribution in [3.63, 3.8) is 0 Å². The Balaban J connectivity index is 1.92. The predicted molar refractivity (Wildman–Crippen MR) is 86.3 cm³/mol. The van der Waals surface area contributed by atoms with Crippen molar-refractivity contribution in [3.05, 3.63) is 42.2 Å². The lowest BCUT2D eigenvalue weighted by Gasteiger charge is -2.31. The van der Waals surface area contributed by atoms with Crippen molar-refractivity contribution in [1.29, 1.82) is 0 Å². The highest BCUT2D eigenvalue weighted by Crippen LogP contribution is 2.24. The molecule has 0 saturated carbocycles. The fourth-order valence-electron chi connectivity index (χ4n) is 2.88. The minimum Gasteiger partial charge on any atom is -0.339 e. The Bertz CT molecular complexity index is 597. The third kappa shape index (κ3) is 3.05. The first kappa shape index (κ1) is 14.0. The number of anilines is 1. The Labute approximate surface area is 126 Å². The largest absolute Gasteiger partial charge is 0.339 e. The van der Waals surface area contributed by atoms with Crippen LogP contribution in [0, 0.1) is 0 Å². The summed E-state index contributed by atoms with van der Waals surface area (Å²) in [4.78, 5) is 11.6. The summed E-state index contributed by atoms with van der Waals surface area (Å²) >= 11 is 0. The minimum atomic E-state index is 0.237. The van der Waals surface area contributed by atoms with E-state index in [2.05, 4.69) is 28.9 Å². The van der Waals surface area contributed by atoms with Gasteiger partial charge in [-0.3, -0.25) is 0 Å². The highest BCUT2D eigenvalue weighted by Gasteiger charge is 2.19. The van der Waals surface area contributed by atoms with Gasteiger partial charge in [-0.1, -0.05) is 37.3 Å². The summed E-state index contributed by atoms with van der Waals surface area (Å²) in [7, 11) is 0. The van der Waals surface area contributed by atoms with E-state index in [0.717, 1.165) is 49.6 Å². The molecule has 4 heteroatoms. The maximum absolute atomic E-state index is 6.06. The molecule has 1 aromatic heterocycles. The standard InChI is InChI=1S/C17H22N4/c1-2-16-15(13-7-4-3-5-8-13)11-19-17(20-16)21-10-6-9-14(18)12-21/h3-5,7-8,11,14H,2,6,9-10,12,18H2,1H3. The molecule has 4 nitrogen and oxygen atoms in total. The fourth-order valence-corrected chi connectivity index (χ4v) is 2.88. The molecule has 2 N–H and O–H groups in total. The van der Waals surface area contributed by atoms with Crippen LogP contribution >= 0.6 is 0 Å². The van der Waals surface area contributed by atoms with Crippen molar-refractivity contribution in [1.82, 2.24) is 9.97 Å². The maximum Gasteiger partial charge on any atom is 0.225 e. The lowest BCUT2D eigenvalue weighted by Crippen LogP contribution is -2.43. The summed E-state index contributed by atoms with van der Waals surface area (Å²) in [5.74, 6) is 0.821. The first-order valence-electron chi connectivity index (χ1n) is 7.69. The third-order valence-electron chi connectivity index (χ3n) is 4.02. The number of aryl methyl sites for hydroxylation is 1. The summed E-state index contributed by atoms with van der Waals surface area (Å²) in [6.45, 7) is 4.00. The van der Waals surface area contributed by atoms with Gasteiger partial charge < -0.3 is 10.6 Å². The second kappa shape index (κ2) is 6.22. The molecular weight excluding hydrogens is 260 g/mol. The van der Waals surface area contributed by atoms with Gasteiger partial charge in [-0.05, 0) is 24.8 Å². The molecule has 1 aliphatic rings. The van der Waals surface area contributed by atoms with E-state index in [1.807, 2.05) is 24.4 Å². The van der Waals surface area contributed by atoms with E-state index in [4.69, 9.17) is 10.7 Å². The number of hydrogen-bond donors (Lipinski definition) is 1. The van der Waals surface area contributed by atoms with Crippen molar-refractivity contribution in [2.75, 3.05) is 18.0 Å². The van der Waals surface area contributed by atoms with E-state index >= 15 is 0 Å². The van der Waals surface area contributed by atoms with Crippen LogP contribution in [0.15, 0.2) is 36.5 Å².